The lowest BCUT2D eigenvalue weighted by atomic mass is 10.2. The van der Waals surface area contributed by atoms with E-state index in [0.29, 0.717) is 27.6 Å². The molecule has 0 aliphatic carbocycles. The third-order valence-electron chi connectivity index (χ3n) is 5.18. The number of anilines is 2. The number of imidazole rings is 1. The fourth-order valence-corrected chi connectivity index (χ4v) is 5.24. The molecule has 1 amide bonds. The number of nitrogens with zero attached hydrogens (tertiary/aromatic N) is 4. The number of pyridine rings is 1. The highest BCUT2D eigenvalue weighted by Gasteiger charge is 2.17. The largest absolute Gasteiger partial charge is 0.452 e. The van der Waals surface area contributed by atoms with Gasteiger partial charge < -0.3 is 15.0 Å². The minimum Gasteiger partial charge on any atom is -0.452 e. The Kier molecular flexibility index (Phi) is 6.81. The minimum absolute atomic E-state index is 0.0179. The van der Waals surface area contributed by atoms with E-state index < -0.39 is 28.5 Å². The summed E-state index contributed by atoms with van der Waals surface area (Å²) < 4.78 is 32.5. The van der Waals surface area contributed by atoms with Gasteiger partial charge in [0.15, 0.2) is 6.61 Å². The highest BCUT2D eigenvalue weighted by atomic mass is 32.2. The Balaban J connectivity index is 1.17. The Morgan fingerprint density at radius 2 is 1.89 bits per heavy atom. The molecule has 0 bridgehead atoms. The van der Waals surface area contributed by atoms with Gasteiger partial charge >= 0.3 is 5.97 Å². The summed E-state index contributed by atoms with van der Waals surface area (Å²) >= 11 is 1.11. The SMILES string of the molecule is Cc1nnc(NS(=O)(=O)c2ccc(NC(=O)COC(=O)c3ccc4nc(-c5cccnc5)[nH]c4c3)cc2)s1. The van der Waals surface area contributed by atoms with Crippen LogP contribution in [0.25, 0.3) is 22.4 Å². The number of hydrogen-bond acceptors (Lipinski definition) is 10. The summed E-state index contributed by atoms with van der Waals surface area (Å²) in [5.41, 5.74) is 2.68. The van der Waals surface area contributed by atoms with Gasteiger partial charge in [-0.05, 0) is 61.5 Å². The van der Waals surface area contributed by atoms with Gasteiger partial charge in [-0.3, -0.25) is 14.5 Å². The van der Waals surface area contributed by atoms with Crippen LogP contribution in [-0.2, 0) is 19.6 Å². The van der Waals surface area contributed by atoms with Crippen molar-refractivity contribution in [2.45, 2.75) is 11.8 Å². The summed E-state index contributed by atoms with van der Waals surface area (Å²) in [5, 5.41) is 10.8. The molecule has 0 saturated carbocycles. The van der Waals surface area contributed by atoms with Crippen molar-refractivity contribution in [1.29, 1.82) is 0 Å². The molecule has 0 fully saturated rings. The van der Waals surface area contributed by atoms with Crippen LogP contribution in [0.4, 0.5) is 10.8 Å². The highest BCUT2D eigenvalue weighted by Crippen LogP contribution is 2.22. The van der Waals surface area contributed by atoms with E-state index in [0.717, 1.165) is 16.9 Å². The number of carbonyl (C=O) groups is 2. The van der Waals surface area contributed by atoms with E-state index in [1.165, 1.54) is 24.3 Å². The number of H-pyrrole nitrogens is 1. The van der Waals surface area contributed by atoms with Crippen LogP contribution < -0.4 is 10.0 Å². The summed E-state index contributed by atoms with van der Waals surface area (Å²) in [4.78, 5) is 36.5. The van der Waals surface area contributed by atoms with Crippen LogP contribution in [0.15, 0.2) is 71.9 Å². The second-order valence-corrected chi connectivity index (χ2v) is 10.8. The summed E-state index contributed by atoms with van der Waals surface area (Å²) in [5.74, 6) is -0.653. The molecule has 3 heterocycles. The monoisotopic (exact) mass is 549 g/mol. The molecule has 5 rings (SSSR count). The van der Waals surface area contributed by atoms with Crippen LogP contribution in [0, 0.1) is 6.92 Å². The maximum Gasteiger partial charge on any atom is 0.338 e. The summed E-state index contributed by atoms with van der Waals surface area (Å²) in [6.07, 6.45) is 3.34. The lowest BCUT2D eigenvalue weighted by molar-refractivity contribution is -0.119. The zero-order chi connectivity index (χ0) is 26.7. The first-order valence-corrected chi connectivity index (χ1v) is 13.4. The second kappa shape index (κ2) is 10.4. The van der Waals surface area contributed by atoms with Crippen molar-refractivity contribution in [1.82, 2.24) is 25.1 Å². The zero-order valence-electron chi connectivity index (χ0n) is 19.7. The van der Waals surface area contributed by atoms with Crippen LogP contribution >= 0.6 is 11.3 Å². The number of carbonyl (C=O) groups excluding carboxylic acids is 2. The van der Waals surface area contributed by atoms with Crippen molar-refractivity contribution >= 4 is 55.1 Å². The number of amides is 1. The van der Waals surface area contributed by atoms with Crippen LogP contribution in [0.1, 0.15) is 15.4 Å². The Bertz CT molecular complexity index is 1730. The Labute approximate surface area is 220 Å². The van der Waals surface area contributed by atoms with Crippen LogP contribution in [-0.4, -0.2) is 52.1 Å². The average Bonchev–Trinajstić information content (AvgIpc) is 3.53. The summed E-state index contributed by atoms with van der Waals surface area (Å²) in [7, 11) is -3.86. The molecule has 192 valence electrons. The molecule has 0 unspecified atom stereocenters. The van der Waals surface area contributed by atoms with Crippen molar-refractivity contribution in [3.8, 4) is 11.4 Å². The quantitative estimate of drug-likeness (QED) is 0.246. The first-order chi connectivity index (χ1) is 18.3. The van der Waals surface area contributed by atoms with E-state index in [-0.39, 0.29) is 15.6 Å². The van der Waals surface area contributed by atoms with Gasteiger partial charge in [0.05, 0.1) is 21.5 Å². The van der Waals surface area contributed by atoms with Gasteiger partial charge in [-0.2, -0.15) is 0 Å². The molecule has 12 nitrogen and oxygen atoms in total. The van der Waals surface area contributed by atoms with Crippen LogP contribution in [0.2, 0.25) is 0 Å². The molecule has 0 radical (unpaired) electrons. The first-order valence-electron chi connectivity index (χ1n) is 11.1. The second-order valence-electron chi connectivity index (χ2n) is 7.94. The third kappa shape index (κ3) is 5.66. The minimum atomic E-state index is -3.86. The van der Waals surface area contributed by atoms with E-state index in [4.69, 9.17) is 4.74 Å². The fraction of sp³-hybridized carbons (Fsp3) is 0.0833. The number of nitrogens with one attached hydrogen (secondary N) is 3. The Morgan fingerprint density at radius 1 is 1.08 bits per heavy atom. The van der Waals surface area contributed by atoms with Crippen molar-refractivity contribution in [2.75, 3.05) is 16.6 Å². The number of sulfonamides is 1. The number of ether oxygens (including phenoxy) is 1. The molecule has 3 aromatic heterocycles. The van der Waals surface area contributed by atoms with E-state index >= 15 is 0 Å². The predicted octanol–water partition coefficient (Wildman–Crippen LogP) is 3.38. The molecule has 0 atom stereocenters. The number of benzene rings is 2. The molecule has 14 heteroatoms. The summed E-state index contributed by atoms with van der Waals surface area (Å²) in [6, 6.07) is 14.0. The van der Waals surface area contributed by atoms with Gasteiger partial charge in [0, 0.05) is 23.6 Å². The van der Waals surface area contributed by atoms with E-state index in [1.54, 1.807) is 43.6 Å². The van der Waals surface area contributed by atoms with Crippen molar-refractivity contribution in [3.05, 3.63) is 77.6 Å². The Hall–Kier alpha value is -4.69. The number of aryl methyl sites for hydroxylation is 1. The molecule has 3 N–H and O–H groups in total. The van der Waals surface area contributed by atoms with Gasteiger partial charge in [0.2, 0.25) is 5.13 Å². The molecule has 0 aliphatic rings. The van der Waals surface area contributed by atoms with Crippen molar-refractivity contribution in [3.63, 3.8) is 0 Å². The maximum absolute atomic E-state index is 12.5. The van der Waals surface area contributed by atoms with Gasteiger partial charge in [-0.25, -0.2) is 18.2 Å². The lowest BCUT2D eigenvalue weighted by Crippen LogP contribution is -2.21. The van der Waals surface area contributed by atoms with Gasteiger partial charge in [0.25, 0.3) is 15.9 Å². The number of fused-ring (bicyclic) bond motifs is 1. The fourth-order valence-electron chi connectivity index (χ4n) is 3.42. The number of rotatable bonds is 8. The molecule has 0 saturated heterocycles. The number of aromatic amines is 1. The normalized spacial score (nSPS) is 11.3. The topological polar surface area (TPSA) is 169 Å². The third-order valence-corrected chi connectivity index (χ3v) is 7.42. The number of esters is 1. The van der Waals surface area contributed by atoms with Gasteiger partial charge in [0.1, 0.15) is 10.8 Å². The Morgan fingerprint density at radius 3 is 2.61 bits per heavy atom. The van der Waals surface area contributed by atoms with Gasteiger partial charge in [-0.15, -0.1) is 10.2 Å². The van der Waals surface area contributed by atoms with E-state index in [1.807, 2.05) is 6.07 Å². The first kappa shape index (κ1) is 25.0. The van der Waals surface area contributed by atoms with Crippen molar-refractivity contribution < 1.29 is 22.7 Å². The molecule has 2 aromatic carbocycles. The van der Waals surface area contributed by atoms with Crippen LogP contribution in [0.3, 0.4) is 0 Å². The lowest BCUT2D eigenvalue weighted by Gasteiger charge is -2.08. The zero-order valence-corrected chi connectivity index (χ0v) is 21.3. The van der Waals surface area contributed by atoms with Crippen molar-refractivity contribution in [2.24, 2.45) is 0 Å². The number of hydrogen-bond donors (Lipinski definition) is 3. The smallest absolute Gasteiger partial charge is 0.338 e. The van der Waals surface area contributed by atoms with E-state index in [2.05, 4.69) is 35.2 Å². The highest BCUT2D eigenvalue weighted by molar-refractivity contribution is 7.93. The average molecular weight is 550 g/mol. The maximum atomic E-state index is 12.5. The van der Waals surface area contributed by atoms with Gasteiger partial charge in [-0.1, -0.05) is 11.3 Å². The van der Waals surface area contributed by atoms with Crippen LogP contribution in [0.5, 0.6) is 0 Å². The molecular formula is C24H19N7O5S2. The molecule has 38 heavy (non-hydrogen) atoms. The molecular weight excluding hydrogens is 530 g/mol. The molecule has 5 aromatic rings. The molecule has 0 aliphatic heterocycles. The number of aromatic nitrogens is 5. The molecule has 0 spiro atoms. The predicted molar refractivity (Wildman–Crippen MR) is 140 cm³/mol. The standard InChI is InChI=1S/C24H19N7O5S2/c1-14-29-30-24(37-14)31-38(34,35)18-7-5-17(6-8-18)26-21(32)13-36-23(33)15-4-9-19-20(11-15)28-22(27-19)16-3-2-10-25-12-16/h2-12H,13H2,1H3,(H,26,32)(H,27,28)(H,30,31). The summed E-state index contributed by atoms with van der Waals surface area (Å²) in [6.45, 7) is 1.18. The van der Waals surface area contributed by atoms with E-state index in [9.17, 15) is 18.0 Å².